The molecule has 2 aliphatic carbocycles. The van der Waals surface area contributed by atoms with Crippen LogP contribution in [0, 0.1) is 5.92 Å². The number of allylic oxidation sites excluding steroid dienone is 1. The summed E-state index contributed by atoms with van der Waals surface area (Å²) in [6, 6.07) is 13.1. The Morgan fingerprint density at radius 3 is 2.24 bits per heavy atom. The number of hydrogen-bond donors (Lipinski definition) is 0. The maximum absolute atomic E-state index is 4.00. The van der Waals surface area contributed by atoms with Crippen LogP contribution in [0.4, 0.5) is 0 Å². The second-order valence-corrected chi connectivity index (χ2v) is 5.89. The van der Waals surface area contributed by atoms with Crippen molar-refractivity contribution in [3.63, 3.8) is 0 Å². The molecule has 4 rings (SSSR count). The van der Waals surface area contributed by atoms with E-state index in [2.05, 4.69) is 61.7 Å². The fourth-order valence-corrected chi connectivity index (χ4v) is 3.56. The molecule has 0 radical (unpaired) electrons. The van der Waals surface area contributed by atoms with Crippen molar-refractivity contribution < 1.29 is 0 Å². The molecular weight excluding hydrogens is 300 g/mol. The minimum Gasteiger partial charge on any atom is -0.0984 e. The first-order chi connectivity index (χ1) is 12.3. The third-order valence-electron chi connectivity index (χ3n) is 4.74. The molecule has 0 heterocycles. The first kappa shape index (κ1) is 19.0. The fourth-order valence-electron chi connectivity index (χ4n) is 3.56. The van der Waals surface area contributed by atoms with Gasteiger partial charge in [0.05, 0.1) is 0 Å². The van der Waals surface area contributed by atoms with Gasteiger partial charge in [0.1, 0.15) is 0 Å². The smallest absolute Gasteiger partial charge is 0.00867 e. The molecule has 0 N–H and O–H groups in total. The van der Waals surface area contributed by atoms with Gasteiger partial charge < -0.3 is 0 Å². The van der Waals surface area contributed by atoms with Gasteiger partial charge in [-0.15, -0.1) is 0 Å². The molecule has 0 saturated heterocycles. The summed E-state index contributed by atoms with van der Waals surface area (Å²) in [5.41, 5.74) is 7.78. The molecule has 0 aliphatic heterocycles. The van der Waals surface area contributed by atoms with Crippen LogP contribution in [-0.4, -0.2) is 0 Å². The summed E-state index contributed by atoms with van der Waals surface area (Å²) in [5.74, 6) is 1.53. The summed E-state index contributed by atoms with van der Waals surface area (Å²) in [7, 11) is 0. The van der Waals surface area contributed by atoms with E-state index < -0.39 is 0 Å². The van der Waals surface area contributed by atoms with E-state index in [0.29, 0.717) is 0 Å². The minimum atomic E-state index is 0.750. The topological polar surface area (TPSA) is 0 Å². The molecule has 2 aromatic rings. The van der Waals surface area contributed by atoms with Crippen LogP contribution in [0.5, 0.6) is 0 Å². The lowest BCUT2D eigenvalue weighted by Gasteiger charge is -2.17. The Hall–Kier alpha value is -2.34. The predicted octanol–water partition coefficient (Wildman–Crippen LogP) is 7.82. The predicted molar refractivity (Wildman–Crippen MR) is 115 cm³/mol. The van der Waals surface area contributed by atoms with E-state index in [0.717, 1.165) is 17.4 Å². The van der Waals surface area contributed by atoms with E-state index in [1.807, 2.05) is 39.8 Å². The van der Waals surface area contributed by atoms with Gasteiger partial charge in [-0.25, -0.2) is 0 Å². The molecule has 0 spiro atoms. The van der Waals surface area contributed by atoms with Crippen molar-refractivity contribution in [3.8, 4) is 11.1 Å². The number of rotatable bonds is 3. The monoisotopic (exact) mass is 330 g/mol. The lowest BCUT2D eigenvalue weighted by atomic mass is 9.87. The number of hydrogen-bond acceptors (Lipinski definition) is 0. The highest BCUT2D eigenvalue weighted by Gasteiger charge is 2.39. The molecular formula is C25H30. The summed E-state index contributed by atoms with van der Waals surface area (Å²) in [4.78, 5) is 0. The van der Waals surface area contributed by atoms with Gasteiger partial charge >= 0.3 is 0 Å². The molecule has 0 nitrogen and oxygen atoms in total. The molecule has 2 aliphatic rings. The van der Waals surface area contributed by atoms with E-state index in [1.54, 1.807) is 0 Å². The molecule has 2 atom stereocenters. The average Bonchev–Trinajstić information content (AvgIpc) is 3.50. The summed E-state index contributed by atoms with van der Waals surface area (Å²) in [5, 5.41) is 0. The van der Waals surface area contributed by atoms with Crippen LogP contribution in [-0.2, 0) is 0 Å². The third-order valence-corrected chi connectivity index (χ3v) is 4.74. The van der Waals surface area contributed by atoms with Gasteiger partial charge in [0, 0.05) is 0 Å². The van der Waals surface area contributed by atoms with Crippen LogP contribution >= 0.6 is 0 Å². The Morgan fingerprint density at radius 1 is 0.880 bits per heavy atom. The lowest BCUT2D eigenvalue weighted by Crippen LogP contribution is -1.97. The van der Waals surface area contributed by atoms with Crippen molar-refractivity contribution in [2.24, 2.45) is 5.92 Å². The Balaban J connectivity index is 0.000000528. The van der Waals surface area contributed by atoms with E-state index in [9.17, 15) is 0 Å². The molecule has 2 unspecified atom stereocenters. The van der Waals surface area contributed by atoms with Crippen LogP contribution in [0.25, 0.3) is 29.4 Å². The highest BCUT2D eigenvalue weighted by Crippen LogP contribution is 2.54. The SMILES string of the molecule is C=Cc1cccc(-c2cccc3c2C=CC2CC32)c1C=C.CC.CC. The van der Waals surface area contributed by atoms with Crippen LogP contribution < -0.4 is 0 Å². The van der Waals surface area contributed by atoms with Crippen molar-refractivity contribution in [3.05, 3.63) is 77.9 Å². The lowest BCUT2D eigenvalue weighted by molar-refractivity contribution is 0.997. The van der Waals surface area contributed by atoms with Gasteiger partial charge in [-0.3, -0.25) is 0 Å². The summed E-state index contributed by atoms with van der Waals surface area (Å²) in [6.45, 7) is 15.9. The zero-order valence-electron chi connectivity index (χ0n) is 16.0. The molecule has 25 heavy (non-hydrogen) atoms. The zero-order valence-corrected chi connectivity index (χ0v) is 16.0. The van der Waals surface area contributed by atoms with Crippen molar-refractivity contribution in [2.75, 3.05) is 0 Å². The zero-order chi connectivity index (χ0) is 18.4. The van der Waals surface area contributed by atoms with Gasteiger partial charge in [0.15, 0.2) is 0 Å². The Labute approximate surface area is 153 Å². The van der Waals surface area contributed by atoms with E-state index in [4.69, 9.17) is 0 Å². The first-order valence-electron chi connectivity index (χ1n) is 9.53. The molecule has 2 aromatic carbocycles. The van der Waals surface area contributed by atoms with Crippen molar-refractivity contribution in [1.29, 1.82) is 0 Å². The first-order valence-corrected chi connectivity index (χ1v) is 9.53. The molecule has 0 aromatic heterocycles. The van der Waals surface area contributed by atoms with Crippen molar-refractivity contribution >= 4 is 18.2 Å². The standard InChI is InChI=1S/C21H18.2C2H6/c1-3-14-7-5-8-17(16(14)4-2)18-9-6-10-19-20(18)12-11-15-13-21(15)19;2*1-2/h3-12,15,21H,1-2,13H2;2*1-2H3. The largest absolute Gasteiger partial charge is 0.0984 e. The molecule has 1 fully saturated rings. The number of benzene rings is 2. The summed E-state index contributed by atoms with van der Waals surface area (Å²) >= 11 is 0. The molecule has 0 bridgehead atoms. The maximum atomic E-state index is 4.00. The summed E-state index contributed by atoms with van der Waals surface area (Å²) < 4.78 is 0. The highest BCUT2D eigenvalue weighted by molar-refractivity contribution is 5.86. The molecule has 1 saturated carbocycles. The third kappa shape index (κ3) is 3.54. The second kappa shape index (κ2) is 8.67. The quantitative estimate of drug-likeness (QED) is 0.538. The fraction of sp³-hybridized carbons (Fsp3) is 0.280. The second-order valence-electron chi connectivity index (χ2n) is 5.89. The van der Waals surface area contributed by atoms with Crippen LogP contribution in [0.3, 0.4) is 0 Å². The molecule has 0 amide bonds. The summed E-state index contributed by atoms with van der Waals surface area (Å²) in [6.07, 6.45) is 9.85. The van der Waals surface area contributed by atoms with E-state index >= 15 is 0 Å². The molecule has 130 valence electrons. The van der Waals surface area contributed by atoms with E-state index in [-0.39, 0.29) is 0 Å². The minimum absolute atomic E-state index is 0.750. The average molecular weight is 331 g/mol. The van der Waals surface area contributed by atoms with Crippen LogP contribution in [0.15, 0.2) is 55.6 Å². The van der Waals surface area contributed by atoms with Gasteiger partial charge in [0.2, 0.25) is 0 Å². The van der Waals surface area contributed by atoms with Gasteiger partial charge in [0.25, 0.3) is 0 Å². The molecule has 0 heteroatoms. The Kier molecular flexibility index (Phi) is 6.58. The van der Waals surface area contributed by atoms with Crippen molar-refractivity contribution in [1.82, 2.24) is 0 Å². The van der Waals surface area contributed by atoms with Gasteiger partial charge in [-0.05, 0) is 51.6 Å². The number of fused-ring (bicyclic) bond motifs is 3. The normalized spacial score (nSPS) is 18.4. The van der Waals surface area contributed by atoms with E-state index in [1.165, 1.54) is 34.2 Å². The van der Waals surface area contributed by atoms with Gasteiger partial charge in [-0.1, -0.05) is 102 Å². The maximum Gasteiger partial charge on any atom is -0.00867 e. The van der Waals surface area contributed by atoms with Crippen LogP contribution in [0.1, 0.15) is 62.3 Å². The highest BCUT2D eigenvalue weighted by atomic mass is 14.4. The van der Waals surface area contributed by atoms with Crippen LogP contribution in [0.2, 0.25) is 0 Å². The Bertz CT molecular complexity index is 777. The van der Waals surface area contributed by atoms with Gasteiger partial charge in [-0.2, -0.15) is 0 Å². The van der Waals surface area contributed by atoms with Crippen molar-refractivity contribution in [2.45, 2.75) is 40.0 Å². The Morgan fingerprint density at radius 2 is 1.56 bits per heavy atom.